The Morgan fingerprint density at radius 3 is 2.33 bits per heavy atom. The molecule has 5 heteroatoms. The topological polar surface area (TPSA) is 56.7 Å². The number of nitrogens with one attached hydrogen (secondary N) is 2. The van der Waals surface area contributed by atoms with Crippen LogP contribution in [-0.2, 0) is 4.79 Å². The molecule has 0 unspecified atom stereocenters. The van der Waals surface area contributed by atoms with Crippen LogP contribution in [0.15, 0.2) is 4.99 Å². The molecule has 0 aromatic carbocycles. The molecule has 0 saturated heterocycles. The first-order valence-corrected chi connectivity index (χ1v) is 6.69. The summed E-state index contributed by atoms with van der Waals surface area (Å²) in [5, 5.41) is 6.45. The zero-order valence-electron chi connectivity index (χ0n) is 12.4. The number of amides is 1. The Balaban J connectivity index is 4.19. The van der Waals surface area contributed by atoms with Crippen molar-refractivity contribution in [1.29, 1.82) is 0 Å². The minimum atomic E-state index is 0.0106. The molecular weight excluding hydrogens is 228 g/mol. The van der Waals surface area contributed by atoms with Crippen LogP contribution >= 0.6 is 0 Å². The van der Waals surface area contributed by atoms with Crippen LogP contribution in [0.3, 0.4) is 0 Å². The van der Waals surface area contributed by atoms with Crippen LogP contribution in [0.25, 0.3) is 0 Å². The van der Waals surface area contributed by atoms with Gasteiger partial charge in [0.2, 0.25) is 5.91 Å². The van der Waals surface area contributed by atoms with Gasteiger partial charge >= 0.3 is 0 Å². The molecule has 0 bridgehead atoms. The lowest BCUT2D eigenvalue weighted by atomic mass is 10.1. The maximum Gasteiger partial charge on any atom is 0.243 e. The van der Waals surface area contributed by atoms with Gasteiger partial charge in [-0.25, -0.2) is 4.99 Å². The fourth-order valence-corrected chi connectivity index (χ4v) is 1.19. The number of hydrogen-bond donors (Lipinski definition) is 2. The third kappa shape index (κ3) is 8.84. The summed E-state index contributed by atoms with van der Waals surface area (Å²) in [5.74, 6) is 1.40. The lowest BCUT2D eigenvalue weighted by Gasteiger charge is -2.14. The van der Waals surface area contributed by atoms with Gasteiger partial charge in [-0.15, -0.1) is 0 Å². The monoisotopic (exact) mass is 256 g/mol. The molecule has 1 amide bonds. The molecule has 0 aliphatic rings. The average molecular weight is 256 g/mol. The SMILES string of the molecule is CCCNC(=NCC(=O)N(C)C)NCCC(C)C. The normalized spacial score (nSPS) is 11.6. The fourth-order valence-electron chi connectivity index (χ4n) is 1.19. The molecule has 18 heavy (non-hydrogen) atoms. The van der Waals surface area contributed by atoms with E-state index in [0.29, 0.717) is 5.92 Å². The first-order valence-electron chi connectivity index (χ1n) is 6.69. The molecule has 0 heterocycles. The number of carbonyl (C=O) groups excluding carboxylic acids is 1. The van der Waals surface area contributed by atoms with Crippen LogP contribution in [0.4, 0.5) is 0 Å². The molecule has 0 aliphatic heterocycles. The predicted octanol–water partition coefficient (Wildman–Crippen LogP) is 1.07. The van der Waals surface area contributed by atoms with E-state index in [9.17, 15) is 4.79 Å². The summed E-state index contributed by atoms with van der Waals surface area (Å²) in [6.45, 7) is 8.41. The van der Waals surface area contributed by atoms with Gasteiger partial charge in [0.15, 0.2) is 5.96 Å². The van der Waals surface area contributed by atoms with Gasteiger partial charge in [0.05, 0.1) is 0 Å². The maximum absolute atomic E-state index is 11.5. The Kier molecular flexibility index (Phi) is 9.06. The van der Waals surface area contributed by atoms with Crippen LogP contribution in [-0.4, -0.2) is 50.5 Å². The van der Waals surface area contributed by atoms with Crippen molar-refractivity contribution in [3.8, 4) is 0 Å². The number of guanidine groups is 1. The van der Waals surface area contributed by atoms with Crippen LogP contribution in [0.1, 0.15) is 33.6 Å². The largest absolute Gasteiger partial charge is 0.356 e. The molecule has 106 valence electrons. The molecule has 0 fully saturated rings. The van der Waals surface area contributed by atoms with Crippen molar-refractivity contribution < 1.29 is 4.79 Å². The fraction of sp³-hybridized carbons (Fsp3) is 0.846. The number of rotatable bonds is 7. The lowest BCUT2D eigenvalue weighted by Crippen LogP contribution is -2.39. The van der Waals surface area contributed by atoms with E-state index in [1.165, 1.54) is 0 Å². The Morgan fingerprint density at radius 1 is 1.22 bits per heavy atom. The summed E-state index contributed by atoms with van der Waals surface area (Å²) >= 11 is 0. The Labute approximate surface area is 111 Å². The van der Waals surface area contributed by atoms with Gasteiger partial charge in [0.25, 0.3) is 0 Å². The minimum absolute atomic E-state index is 0.0106. The third-order valence-electron chi connectivity index (χ3n) is 2.43. The highest BCUT2D eigenvalue weighted by Gasteiger charge is 2.04. The van der Waals surface area contributed by atoms with Gasteiger partial charge in [-0.1, -0.05) is 20.8 Å². The van der Waals surface area contributed by atoms with Crippen molar-refractivity contribution in [1.82, 2.24) is 15.5 Å². The molecule has 0 atom stereocenters. The summed E-state index contributed by atoms with van der Waals surface area (Å²) in [4.78, 5) is 17.3. The van der Waals surface area contributed by atoms with E-state index < -0.39 is 0 Å². The van der Waals surface area contributed by atoms with Gasteiger partial charge in [0.1, 0.15) is 6.54 Å². The quantitative estimate of drug-likeness (QED) is 0.529. The van der Waals surface area contributed by atoms with E-state index in [2.05, 4.69) is 36.4 Å². The molecule has 0 radical (unpaired) electrons. The predicted molar refractivity (Wildman–Crippen MR) is 76.7 cm³/mol. The average Bonchev–Trinajstić information content (AvgIpc) is 2.30. The van der Waals surface area contributed by atoms with Crippen molar-refractivity contribution >= 4 is 11.9 Å². The molecule has 2 N–H and O–H groups in total. The number of nitrogens with zero attached hydrogens (tertiary/aromatic N) is 2. The van der Waals surface area contributed by atoms with Gasteiger partial charge in [-0.3, -0.25) is 4.79 Å². The van der Waals surface area contributed by atoms with E-state index in [4.69, 9.17) is 0 Å². The van der Waals surface area contributed by atoms with E-state index in [-0.39, 0.29) is 12.5 Å². The second-order valence-corrected chi connectivity index (χ2v) is 4.99. The van der Waals surface area contributed by atoms with Gasteiger partial charge in [0, 0.05) is 27.2 Å². The van der Waals surface area contributed by atoms with E-state index in [1.807, 2.05) is 0 Å². The summed E-state index contributed by atoms with van der Waals surface area (Å²) in [5.41, 5.74) is 0. The van der Waals surface area contributed by atoms with Crippen LogP contribution in [0, 0.1) is 5.92 Å². The van der Waals surface area contributed by atoms with Gasteiger partial charge < -0.3 is 15.5 Å². The molecule has 0 rings (SSSR count). The van der Waals surface area contributed by atoms with Gasteiger partial charge in [-0.05, 0) is 18.8 Å². The second kappa shape index (κ2) is 9.74. The Bertz CT molecular complexity index is 262. The molecular formula is C13H28N4O. The lowest BCUT2D eigenvalue weighted by molar-refractivity contribution is -0.127. The molecule has 0 saturated carbocycles. The van der Waals surface area contributed by atoms with Crippen molar-refractivity contribution in [3.05, 3.63) is 0 Å². The highest BCUT2D eigenvalue weighted by Crippen LogP contribution is 1.96. The summed E-state index contributed by atoms with van der Waals surface area (Å²) in [6.07, 6.45) is 2.13. The van der Waals surface area contributed by atoms with Crippen molar-refractivity contribution in [2.24, 2.45) is 10.9 Å². The molecule has 0 aliphatic carbocycles. The van der Waals surface area contributed by atoms with Gasteiger partial charge in [-0.2, -0.15) is 0 Å². The van der Waals surface area contributed by atoms with E-state index in [0.717, 1.165) is 31.9 Å². The Hall–Kier alpha value is -1.26. The number of hydrogen-bond acceptors (Lipinski definition) is 2. The Morgan fingerprint density at radius 2 is 1.83 bits per heavy atom. The molecule has 0 aromatic rings. The highest BCUT2D eigenvalue weighted by atomic mass is 16.2. The summed E-state index contributed by atoms with van der Waals surface area (Å²) < 4.78 is 0. The summed E-state index contributed by atoms with van der Waals surface area (Å²) in [7, 11) is 3.48. The van der Waals surface area contributed by atoms with E-state index in [1.54, 1.807) is 19.0 Å². The van der Waals surface area contributed by atoms with Crippen molar-refractivity contribution in [3.63, 3.8) is 0 Å². The van der Waals surface area contributed by atoms with Crippen LogP contribution in [0.2, 0.25) is 0 Å². The number of carbonyl (C=O) groups is 1. The second-order valence-electron chi connectivity index (χ2n) is 4.99. The molecule has 5 nitrogen and oxygen atoms in total. The first kappa shape index (κ1) is 16.7. The van der Waals surface area contributed by atoms with Crippen molar-refractivity contribution in [2.45, 2.75) is 33.6 Å². The number of aliphatic imine (C=N–C) groups is 1. The number of likely N-dealkylation sites (N-methyl/N-ethyl adjacent to an activating group) is 1. The molecule has 0 spiro atoms. The van der Waals surface area contributed by atoms with Crippen LogP contribution in [0.5, 0.6) is 0 Å². The van der Waals surface area contributed by atoms with Crippen molar-refractivity contribution in [2.75, 3.05) is 33.7 Å². The highest BCUT2D eigenvalue weighted by molar-refractivity contribution is 5.84. The maximum atomic E-state index is 11.5. The zero-order chi connectivity index (χ0) is 14.0. The minimum Gasteiger partial charge on any atom is -0.356 e. The van der Waals surface area contributed by atoms with E-state index >= 15 is 0 Å². The summed E-state index contributed by atoms with van der Waals surface area (Å²) in [6, 6.07) is 0. The van der Waals surface area contributed by atoms with Crippen LogP contribution < -0.4 is 10.6 Å². The standard InChI is InChI=1S/C13H28N4O/c1-6-8-14-13(15-9-7-11(2)3)16-10-12(18)17(4)5/h11H,6-10H2,1-5H3,(H2,14,15,16). The first-order chi connectivity index (χ1) is 8.47. The molecule has 0 aromatic heterocycles. The zero-order valence-corrected chi connectivity index (χ0v) is 12.4. The third-order valence-corrected chi connectivity index (χ3v) is 2.43. The smallest absolute Gasteiger partial charge is 0.243 e.